The highest BCUT2D eigenvalue weighted by molar-refractivity contribution is 8.18. The first-order valence-corrected chi connectivity index (χ1v) is 8.71. The standard InChI is InChI=1S/C18H12FN3O5S/c19-12-5-3-6-13(9-12)20-16(23)10-21-17(24)15(28-18(21)25)8-11-4-1-2-7-14(11)22(26)27/h1-9H,10H2,(H,20,23)/b15-8+. The highest BCUT2D eigenvalue weighted by Gasteiger charge is 2.36. The fraction of sp³-hybridized carbons (Fsp3) is 0.0556. The van der Waals surface area contributed by atoms with E-state index in [1.165, 1.54) is 42.5 Å². The van der Waals surface area contributed by atoms with Crippen LogP contribution in [0.25, 0.3) is 6.08 Å². The van der Waals surface area contributed by atoms with E-state index in [0.717, 1.165) is 11.0 Å². The SMILES string of the molecule is O=C(CN1C(=O)S/C(=C/c2ccccc2[N+](=O)[O-])C1=O)Nc1cccc(F)c1. The summed E-state index contributed by atoms with van der Waals surface area (Å²) in [4.78, 5) is 47.8. The molecule has 8 nitrogen and oxygen atoms in total. The van der Waals surface area contributed by atoms with Crippen LogP contribution in [0, 0.1) is 15.9 Å². The smallest absolute Gasteiger partial charge is 0.294 e. The number of benzene rings is 2. The molecule has 0 unspecified atom stereocenters. The second kappa shape index (κ2) is 8.01. The van der Waals surface area contributed by atoms with E-state index in [-0.39, 0.29) is 21.8 Å². The van der Waals surface area contributed by atoms with E-state index in [0.29, 0.717) is 11.8 Å². The van der Waals surface area contributed by atoms with Crippen LogP contribution in [0.15, 0.2) is 53.4 Å². The maximum absolute atomic E-state index is 13.2. The molecule has 1 aliphatic heterocycles. The molecule has 1 saturated heterocycles. The van der Waals surface area contributed by atoms with Gasteiger partial charge in [-0.2, -0.15) is 0 Å². The number of nitro groups is 1. The number of nitrogens with one attached hydrogen (secondary N) is 1. The number of rotatable bonds is 5. The number of para-hydroxylation sites is 1. The third-order valence-corrected chi connectivity index (χ3v) is 4.61. The molecule has 3 amide bonds. The highest BCUT2D eigenvalue weighted by Crippen LogP contribution is 2.33. The Bertz CT molecular complexity index is 1020. The monoisotopic (exact) mass is 401 g/mol. The second-order valence-electron chi connectivity index (χ2n) is 5.64. The van der Waals surface area contributed by atoms with Crippen molar-refractivity contribution in [1.82, 2.24) is 4.90 Å². The van der Waals surface area contributed by atoms with Crippen molar-refractivity contribution >= 4 is 46.3 Å². The van der Waals surface area contributed by atoms with E-state index in [1.54, 1.807) is 6.07 Å². The van der Waals surface area contributed by atoms with E-state index in [4.69, 9.17) is 0 Å². The van der Waals surface area contributed by atoms with Crippen molar-refractivity contribution in [2.24, 2.45) is 0 Å². The van der Waals surface area contributed by atoms with E-state index < -0.39 is 34.3 Å². The number of thioether (sulfide) groups is 1. The molecule has 142 valence electrons. The quantitative estimate of drug-likeness (QED) is 0.467. The zero-order valence-corrected chi connectivity index (χ0v) is 14.9. The van der Waals surface area contributed by atoms with Gasteiger partial charge in [0.1, 0.15) is 12.4 Å². The molecule has 0 saturated carbocycles. The minimum absolute atomic E-state index is 0.0298. The van der Waals surface area contributed by atoms with Gasteiger partial charge in [0.15, 0.2) is 0 Å². The number of carbonyl (C=O) groups excluding carboxylic acids is 3. The van der Waals surface area contributed by atoms with Gasteiger partial charge in [-0.15, -0.1) is 0 Å². The van der Waals surface area contributed by atoms with Gasteiger partial charge in [-0.3, -0.25) is 29.4 Å². The molecular weight excluding hydrogens is 389 g/mol. The lowest BCUT2D eigenvalue weighted by atomic mass is 10.1. The number of nitrogens with zero attached hydrogens (tertiary/aromatic N) is 2. The van der Waals surface area contributed by atoms with Gasteiger partial charge >= 0.3 is 0 Å². The maximum atomic E-state index is 13.2. The van der Waals surface area contributed by atoms with Crippen molar-refractivity contribution in [2.45, 2.75) is 0 Å². The van der Waals surface area contributed by atoms with Gasteiger partial charge < -0.3 is 5.32 Å². The zero-order chi connectivity index (χ0) is 20.3. The minimum atomic E-state index is -0.734. The van der Waals surface area contributed by atoms with Crippen molar-refractivity contribution in [1.29, 1.82) is 0 Å². The number of halogens is 1. The topological polar surface area (TPSA) is 110 Å². The Kier molecular flexibility index (Phi) is 5.50. The molecule has 0 spiro atoms. The maximum Gasteiger partial charge on any atom is 0.294 e. The summed E-state index contributed by atoms with van der Waals surface area (Å²) in [6.07, 6.45) is 1.24. The number of hydrogen-bond acceptors (Lipinski definition) is 6. The predicted octanol–water partition coefficient (Wildman–Crippen LogP) is 3.41. The van der Waals surface area contributed by atoms with Crippen LogP contribution in [-0.2, 0) is 9.59 Å². The lowest BCUT2D eigenvalue weighted by Gasteiger charge is -2.12. The largest absolute Gasteiger partial charge is 0.324 e. The van der Waals surface area contributed by atoms with E-state index in [2.05, 4.69) is 5.32 Å². The molecule has 0 radical (unpaired) electrons. The Morgan fingerprint density at radius 1 is 1.21 bits per heavy atom. The van der Waals surface area contributed by atoms with Crippen molar-refractivity contribution in [3.05, 3.63) is 74.9 Å². The second-order valence-corrected chi connectivity index (χ2v) is 6.64. The summed E-state index contributed by atoms with van der Waals surface area (Å²) >= 11 is 0.584. The summed E-state index contributed by atoms with van der Waals surface area (Å²) in [5.74, 6) is -1.96. The van der Waals surface area contributed by atoms with Crippen LogP contribution in [0.2, 0.25) is 0 Å². The molecular formula is C18H12FN3O5S. The number of hydrogen-bond donors (Lipinski definition) is 1. The third-order valence-electron chi connectivity index (χ3n) is 3.70. The van der Waals surface area contributed by atoms with Gasteiger partial charge in [0, 0.05) is 11.8 Å². The van der Waals surface area contributed by atoms with Gasteiger partial charge in [0.25, 0.3) is 16.8 Å². The molecule has 10 heteroatoms. The lowest BCUT2D eigenvalue weighted by molar-refractivity contribution is -0.385. The summed E-state index contributed by atoms with van der Waals surface area (Å²) in [6, 6.07) is 10.9. The van der Waals surface area contributed by atoms with Crippen molar-refractivity contribution < 1.29 is 23.7 Å². The summed E-state index contributed by atoms with van der Waals surface area (Å²) in [7, 11) is 0. The number of imide groups is 1. The van der Waals surface area contributed by atoms with Gasteiger partial charge in [0.05, 0.1) is 15.4 Å². The predicted molar refractivity (Wildman–Crippen MR) is 101 cm³/mol. The average Bonchev–Trinajstić information content (AvgIpc) is 2.89. The fourth-order valence-corrected chi connectivity index (χ4v) is 3.29. The summed E-state index contributed by atoms with van der Waals surface area (Å²) in [6.45, 7) is -0.560. The number of anilines is 1. The minimum Gasteiger partial charge on any atom is -0.324 e. The first kappa shape index (κ1) is 19.2. The molecule has 28 heavy (non-hydrogen) atoms. The molecule has 2 aromatic carbocycles. The molecule has 1 fully saturated rings. The molecule has 0 atom stereocenters. The first-order valence-electron chi connectivity index (χ1n) is 7.89. The van der Waals surface area contributed by atoms with E-state index in [9.17, 15) is 28.9 Å². The van der Waals surface area contributed by atoms with Gasteiger partial charge in [-0.25, -0.2) is 4.39 Å². The van der Waals surface area contributed by atoms with Gasteiger partial charge in [0.2, 0.25) is 5.91 Å². The Balaban J connectivity index is 1.75. The van der Waals surface area contributed by atoms with Crippen LogP contribution < -0.4 is 5.32 Å². The third kappa shape index (κ3) is 4.23. The molecule has 1 N–H and O–H groups in total. The summed E-state index contributed by atoms with van der Waals surface area (Å²) in [5.41, 5.74) is 0.146. The Labute approximate surface area is 162 Å². The Hall–Kier alpha value is -3.53. The van der Waals surface area contributed by atoms with Crippen LogP contribution >= 0.6 is 11.8 Å². The van der Waals surface area contributed by atoms with E-state index >= 15 is 0 Å². The number of amides is 3. The van der Waals surface area contributed by atoms with Crippen molar-refractivity contribution in [2.75, 3.05) is 11.9 Å². The molecule has 0 aromatic heterocycles. The lowest BCUT2D eigenvalue weighted by Crippen LogP contribution is -2.36. The van der Waals surface area contributed by atoms with Crippen molar-refractivity contribution in [3.63, 3.8) is 0 Å². The first-order chi connectivity index (χ1) is 13.3. The Morgan fingerprint density at radius 2 is 1.96 bits per heavy atom. The van der Waals surface area contributed by atoms with Crippen molar-refractivity contribution in [3.8, 4) is 0 Å². The van der Waals surface area contributed by atoms with Gasteiger partial charge in [-0.05, 0) is 42.1 Å². The molecule has 2 aromatic rings. The van der Waals surface area contributed by atoms with Crippen LogP contribution in [-0.4, -0.2) is 33.4 Å². The normalized spacial score (nSPS) is 15.2. The zero-order valence-electron chi connectivity index (χ0n) is 14.1. The highest BCUT2D eigenvalue weighted by atomic mass is 32.2. The summed E-state index contributed by atoms with van der Waals surface area (Å²) in [5, 5.41) is 12.8. The Morgan fingerprint density at radius 3 is 2.68 bits per heavy atom. The van der Waals surface area contributed by atoms with E-state index in [1.807, 2.05) is 0 Å². The van der Waals surface area contributed by atoms with Gasteiger partial charge in [-0.1, -0.05) is 18.2 Å². The number of carbonyl (C=O) groups is 3. The molecule has 0 bridgehead atoms. The van der Waals surface area contributed by atoms with Crippen LogP contribution in [0.5, 0.6) is 0 Å². The average molecular weight is 401 g/mol. The molecule has 1 heterocycles. The van der Waals surface area contributed by atoms with Crippen LogP contribution in [0.1, 0.15) is 5.56 Å². The molecule has 1 aliphatic rings. The fourth-order valence-electron chi connectivity index (χ4n) is 2.46. The van der Waals surface area contributed by atoms with Crippen LogP contribution in [0.4, 0.5) is 20.6 Å². The molecule has 3 rings (SSSR count). The molecule has 0 aliphatic carbocycles. The number of nitro benzene ring substituents is 1. The summed E-state index contributed by atoms with van der Waals surface area (Å²) < 4.78 is 13.2. The van der Waals surface area contributed by atoms with Crippen LogP contribution in [0.3, 0.4) is 0 Å².